The summed E-state index contributed by atoms with van der Waals surface area (Å²) in [6.07, 6.45) is 0.952. The third kappa shape index (κ3) is 2.87. The first kappa shape index (κ1) is 12.8. The van der Waals surface area contributed by atoms with Gasteiger partial charge in [0.2, 0.25) is 0 Å². The van der Waals surface area contributed by atoms with Crippen molar-refractivity contribution >= 4 is 12.0 Å². The SMILES string of the molecule is CC1(C)CCN(C(=O)NC(C)(C)C(=O)O)C1. The molecule has 5 heteroatoms. The molecule has 1 saturated heterocycles. The van der Waals surface area contributed by atoms with Gasteiger partial charge in [-0.1, -0.05) is 13.8 Å². The summed E-state index contributed by atoms with van der Waals surface area (Å²) < 4.78 is 0. The zero-order valence-corrected chi connectivity index (χ0v) is 10.3. The van der Waals surface area contributed by atoms with E-state index in [1.807, 2.05) is 0 Å². The number of aliphatic carboxylic acids is 1. The molecule has 1 rings (SSSR count). The van der Waals surface area contributed by atoms with Gasteiger partial charge in [0.15, 0.2) is 0 Å². The summed E-state index contributed by atoms with van der Waals surface area (Å²) in [5, 5.41) is 11.4. The molecule has 0 spiro atoms. The first-order valence-electron chi connectivity index (χ1n) is 5.45. The molecule has 0 unspecified atom stereocenters. The number of carbonyl (C=O) groups excluding carboxylic acids is 1. The fourth-order valence-electron chi connectivity index (χ4n) is 1.69. The van der Waals surface area contributed by atoms with Crippen LogP contribution in [0.1, 0.15) is 34.1 Å². The second-order valence-corrected chi connectivity index (χ2v) is 5.70. The predicted octanol–water partition coefficient (Wildman–Crippen LogP) is 1.29. The summed E-state index contributed by atoms with van der Waals surface area (Å²) in [7, 11) is 0. The number of likely N-dealkylation sites (tertiary alicyclic amines) is 1. The Kier molecular flexibility index (Phi) is 3.17. The van der Waals surface area contributed by atoms with Crippen LogP contribution in [0.4, 0.5) is 4.79 Å². The van der Waals surface area contributed by atoms with E-state index in [-0.39, 0.29) is 11.4 Å². The second kappa shape index (κ2) is 3.96. The van der Waals surface area contributed by atoms with Crippen molar-refractivity contribution in [2.24, 2.45) is 5.41 Å². The summed E-state index contributed by atoms with van der Waals surface area (Å²) in [6.45, 7) is 8.52. The van der Waals surface area contributed by atoms with Crippen LogP contribution in [-0.2, 0) is 4.79 Å². The number of carbonyl (C=O) groups is 2. The topological polar surface area (TPSA) is 69.6 Å². The molecule has 5 nitrogen and oxygen atoms in total. The average Bonchev–Trinajstić information content (AvgIpc) is 2.45. The van der Waals surface area contributed by atoms with Gasteiger partial charge in [0.1, 0.15) is 5.54 Å². The Labute approximate surface area is 95.8 Å². The monoisotopic (exact) mass is 228 g/mol. The third-order valence-corrected chi connectivity index (χ3v) is 2.92. The molecule has 0 radical (unpaired) electrons. The lowest BCUT2D eigenvalue weighted by atomic mass is 9.93. The molecule has 1 fully saturated rings. The standard InChI is InChI=1S/C11H20N2O3/c1-10(2)5-6-13(7-10)9(16)12-11(3,4)8(14)15/h5-7H2,1-4H3,(H,12,16)(H,14,15). The molecule has 0 aliphatic carbocycles. The molecule has 1 aliphatic rings. The molecule has 0 aromatic heterocycles. The van der Waals surface area contributed by atoms with Gasteiger partial charge in [-0.15, -0.1) is 0 Å². The first-order chi connectivity index (χ1) is 7.14. The van der Waals surface area contributed by atoms with Crippen LogP contribution < -0.4 is 5.32 Å². The maximum absolute atomic E-state index is 11.8. The van der Waals surface area contributed by atoms with E-state index in [0.29, 0.717) is 13.1 Å². The Bertz CT molecular complexity index is 310. The van der Waals surface area contributed by atoms with Crippen molar-refractivity contribution in [3.8, 4) is 0 Å². The minimum Gasteiger partial charge on any atom is -0.480 e. The lowest BCUT2D eigenvalue weighted by Gasteiger charge is -2.26. The molecule has 0 aromatic carbocycles. The number of nitrogens with zero attached hydrogens (tertiary/aromatic N) is 1. The minimum absolute atomic E-state index is 0.130. The van der Waals surface area contributed by atoms with E-state index in [9.17, 15) is 9.59 Å². The van der Waals surface area contributed by atoms with E-state index in [2.05, 4.69) is 19.2 Å². The number of rotatable bonds is 2. The molecule has 16 heavy (non-hydrogen) atoms. The third-order valence-electron chi connectivity index (χ3n) is 2.92. The van der Waals surface area contributed by atoms with E-state index >= 15 is 0 Å². The Morgan fingerprint density at radius 2 is 1.94 bits per heavy atom. The highest BCUT2D eigenvalue weighted by Gasteiger charge is 2.36. The Balaban J connectivity index is 2.58. The Hall–Kier alpha value is -1.26. The van der Waals surface area contributed by atoms with Crippen LogP contribution in [0, 0.1) is 5.41 Å². The summed E-state index contributed by atoms with van der Waals surface area (Å²) in [4.78, 5) is 24.3. The molecule has 92 valence electrons. The largest absolute Gasteiger partial charge is 0.480 e. The fourth-order valence-corrected chi connectivity index (χ4v) is 1.69. The van der Waals surface area contributed by atoms with Crippen molar-refractivity contribution in [2.75, 3.05) is 13.1 Å². The number of urea groups is 1. The van der Waals surface area contributed by atoms with Gasteiger partial charge in [-0.2, -0.15) is 0 Å². The quantitative estimate of drug-likeness (QED) is 0.748. The number of hydrogen-bond donors (Lipinski definition) is 2. The van der Waals surface area contributed by atoms with Gasteiger partial charge in [-0.3, -0.25) is 0 Å². The maximum atomic E-state index is 11.8. The van der Waals surface area contributed by atoms with E-state index in [0.717, 1.165) is 6.42 Å². The number of carboxylic acids is 1. The van der Waals surface area contributed by atoms with Crippen LogP contribution >= 0.6 is 0 Å². The van der Waals surface area contributed by atoms with Gasteiger partial charge >= 0.3 is 12.0 Å². The molecule has 2 N–H and O–H groups in total. The smallest absolute Gasteiger partial charge is 0.328 e. The molecule has 0 saturated carbocycles. The van der Waals surface area contributed by atoms with Crippen LogP contribution in [0.2, 0.25) is 0 Å². The van der Waals surface area contributed by atoms with E-state index < -0.39 is 11.5 Å². The normalized spacial score (nSPS) is 19.6. The Morgan fingerprint density at radius 1 is 1.38 bits per heavy atom. The van der Waals surface area contributed by atoms with Gasteiger partial charge in [0.05, 0.1) is 0 Å². The van der Waals surface area contributed by atoms with Crippen LogP contribution in [-0.4, -0.2) is 40.6 Å². The highest BCUT2D eigenvalue weighted by molar-refractivity contribution is 5.85. The van der Waals surface area contributed by atoms with E-state index in [4.69, 9.17) is 5.11 Å². The van der Waals surface area contributed by atoms with Crippen LogP contribution in [0.25, 0.3) is 0 Å². The molecule has 2 amide bonds. The van der Waals surface area contributed by atoms with Crippen molar-refractivity contribution in [1.82, 2.24) is 10.2 Å². The van der Waals surface area contributed by atoms with Crippen molar-refractivity contribution in [2.45, 2.75) is 39.7 Å². The average molecular weight is 228 g/mol. The number of amides is 2. The lowest BCUT2D eigenvalue weighted by Crippen LogP contribution is -2.54. The summed E-state index contributed by atoms with van der Waals surface area (Å²) in [6, 6.07) is -0.294. The zero-order chi connectivity index (χ0) is 12.6. The summed E-state index contributed by atoms with van der Waals surface area (Å²) in [5.41, 5.74) is -1.09. The van der Waals surface area contributed by atoms with Crippen LogP contribution in [0.5, 0.6) is 0 Å². The lowest BCUT2D eigenvalue weighted by molar-refractivity contribution is -0.143. The molecule has 0 aromatic rings. The molecule has 1 aliphatic heterocycles. The van der Waals surface area contributed by atoms with Crippen molar-refractivity contribution in [3.05, 3.63) is 0 Å². The van der Waals surface area contributed by atoms with Crippen LogP contribution in [0.15, 0.2) is 0 Å². The summed E-state index contributed by atoms with van der Waals surface area (Å²) in [5.74, 6) is -1.03. The van der Waals surface area contributed by atoms with Crippen LogP contribution in [0.3, 0.4) is 0 Å². The van der Waals surface area contributed by atoms with E-state index in [1.54, 1.807) is 4.90 Å². The van der Waals surface area contributed by atoms with Gasteiger partial charge < -0.3 is 15.3 Å². The van der Waals surface area contributed by atoms with Crippen molar-refractivity contribution < 1.29 is 14.7 Å². The van der Waals surface area contributed by atoms with Gasteiger partial charge in [-0.25, -0.2) is 9.59 Å². The second-order valence-electron chi connectivity index (χ2n) is 5.70. The van der Waals surface area contributed by atoms with Gasteiger partial charge in [0.25, 0.3) is 0 Å². The number of carboxylic acid groups (broad SMARTS) is 1. The molecule has 0 atom stereocenters. The van der Waals surface area contributed by atoms with Crippen molar-refractivity contribution in [3.63, 3.8) is 0 Å². The maximum Gasteiger partial charge on any atom is 0.328 e. The highest BCUT2D eigenvalue weighted by atomic mass is 16.4. The van der Waals surface area contributed by atoms with Gasteiger partial charge in [-0.05, 0) is 25.7 Å². The Morgan fingerprint density at radius 3 is 2.31 bits per heavy atom. The highest BCUT2D eigenvalue weighted by Crippen LogP contribution is 2.28. The fraction of sp³-hybridized carbons (Fsp3) is 0.818. The minimum atomic E-state index is -1.22. The van der Waals surface area contributed by atoms with E-state index in [1.165, 1.54) is 13.8 Å². The van der Waals surface area contributed by atoms with Gasteiger partial charge in [0, 0.05) is 13.1 Å². The molecule has 1 heterocycles. The molecular weight excluding hydrogens is 208 g/mol. The summed E-state index contributed by atoms with van der Waals surface area (Å²) >= 11 is 0. The predicted molar refractivity (Wildman–Crippen MR) is 60.2 cm³/mol. The number of nitrogens with one attached hydrogen (secondary N) is 1. The number of hydrogen-bond acceptors (Lipinski definition) is 2. The first-order valence-corrected chi connectivity index (χ1v) is 5.45. The molecule has 0 bridgehead atoms. The molecular formula is C11H20N2O3. The zero-order valence-electron chi connectivity index (χ0n) is 10.3. The van der Waals surface area contributed by atoms with Crippen molar-refractivity contribution in [1.29, 1.82) is 0 Å².